The largest absolute Gasteiger partial charge is 0.483 e. The van der Waals surface area contributed by atoms with E-state index in [0.717, 1.165) is 35.7 Å². The van der Waals surface area contributed by atoms with Gasteiger partial charge in [-0.15, -0.1) is 0 Å². The van der Waals surface area contributed by atoms with Gasteiger partial charge >= 0.3 is 0 Å². The van der Waals surface area contributed by atoms with Gasteiger partial charge in [-0.1, -0.05) is 58.4 Å². The lowest BCUT2D eigenvalue weighted by Gasteiger charge is -2.39. The van der Waals surface area contributed by atoms with Crippen molar-refractivity contribution in [3.05, 3.63) is 52.5 Å². The van der Waals surface area contributed by atoms with Crippen LogP contribution in [0, 0.1) is 12.3 Å². The fourth-order valence-corrected chi connectivity index (χ4v) is 4.35. The third-order valence-corrected chi connectivity index (χ3v) is 6.23. The Morgan fingerprint density at radius 2 is 1.74 bits per heavy atom. The summed E-state index contributed by atoms with van der Waals surface area (Å²) in [6.07, 6.45) is 0. The predicted octanol–water partition coefficient (Wildman–Crippen LogP) is 5.48. The molecule has 34 heavy (non-hydrogen) atoms. The van der Waals surface area contributed by atoms with Crippen molar-refractivity contribution in [3.8, 4) is 5.75 Å². The summed E-state index contributed by atoms with van der Waals surface area (Å²) in [5.74, 6) is 0.972. The minimum Gasteiger partial charge on any atom is -0.483 e. The second kappa shape index (κ2) is 10.7. The molecule has 0 saturated carbocycles. The van der Waals surface area contributed by atoms with Crippen LogP contribution in [0.4, 0.5) is 11.4 Å². The van der Waals surface area contributed by atoms with Crippen molar-refractivity contribution in [2.75, 3.05) is 43.0 Å². The summed E-state index contributed by atoms with van der Waals surface area (Å²) in [6.45, 7) is 14.7. The van der Waals surface area contributed by atoms with Crippen molar-refractivity contribution in [2.45, 2.75) is 47.5 Å². The van der Waals surface area contributed by atoms with Crippen LogP contribution in [0.25, 0.3) is 0 Å². The fourth-order valence-electron chi connectivity index (χ4n) is 4.05. The molecule has 1 fully saturated rings. The minimum absolute atomic E-state index is 0.0771. The molecule has 2 amide bonds. The van der Waals surface area contributed by atoms with Gasteiger partial charge in [0.2, 0.25) is 5.91 Å². The molecule has 7 heteroatoms. The van der Waals surface area contributed by atoms with Crippen molar-refractivity contribution in [2.24, 2.45) is 5.41 Å². The van der Waals surface area contributed by atoms with E-state index in [4.69, 9.17) is 16.3 Å². The Kier molecular flexibility index (Phi) is 8.13. The van der Waals surface area contributed by atoms with E-state index in [1.807, 2.05) is 62.9 Å². The number of rotatable bonds is 6. The molecule has 1 heterocycles. The second-order valence-electron chi connectivity index (χ2n) is 10.2. The highest BCUT2D eigenvalue weighted by atomic mass is 35.5. The summed E-state index contributed by atoms with van der Waals surface area (Å²) >= 11 is 6.56. The van der Waals surface area contributed by atoms with Crippen molar-refractivity contribution in [3.63, 3.8) is 0 Å². The quantitative estimate of drug-likeness (QED) is 0.588. The molecule has 6 nitrogen and oxygen atoms in total. The predicted molar refractivity (Wildman–Crippen MR) is 139 cm³/mol. The fraction of sp³-hybridized carbons (Fsp3) is 0.481. The molecule has 1 aliphatic rings. The number of halogens is 1. The van der Waals surface area contributed by atoms with Gasteiger partial charge in [-0.2, -0.15) is 0 Å². The summed E-state index contributed by atoms with van der Waals surface area (Å²) < 4.78 is 5.83. The van der Waals surface area contributed by atoms with Gasteiger partial charge in [-0.25, -0.2) is 0 Å². The van der Waals surface area contributed by atoms with Crippen LogP contribution in [0.3, 0.4) is 0 Å². The van der Waals surface area contributed by atoms with E-state index in [2.05, 4.69) is 24.1 Å². The molecule has 2 aromatic carbocycles. The summed E-state index contributed by atoms with van der Waals surface area (Å²) in [5.41, 5.74) is 3.32. The monoisotopic (exact) mass is 485 g/mol. The number of anilines is 2. The zero-order valence-electron chi connectivity index (χ0n) is 21.1. The Morgan fingerprint density at radius 1 is 1.06 bits per heavy atom. The molecule has 1 aliphatic heterocycles. The summed E-state index contributed by atoms with van der Waals surface area (Å²) in [5, 5.41) is 3.43. The van der Waals surface area contributed by atoms with Crippen LogP contribution in [0.2, 0.25) is 5.02 Å². The lowest BCUT2D eigenvalue weighted by Crippen LogP contribution is -2.51. The molecular weight excluding hydrogens is 450 g/mol. The molecule has 0 aromatic heterocycles. The zero-order valence-corrected chi connectivity index (χ0v) is 21.8. The zero-order chi connectivity index (χ0) is 25.0. The molecule has 1 saturated heterocycles. The molecule has 0 bridgehead atoms. The van der Waals surface area contributed by atoms with E-state index in [9.17, 15) is 9.59 Å². The van der Waals surface area contributed by atoms with Gasteiger partial charge in [0.15, 0.2) is 6.61 Å². The number of ether oxygens (including phenoxy) is 1. The first kappa shape index (κ1) is 25.9. The van der Waals surface area contributed by atoms with Crippen molar-refractivity contribution in [1.29, 1.82) is 0 Å². The molecule has 1 N–H and O–H groups in total. The lowest BCUT2D eigenvalue weighted by molar-refractivity contribution is -0.139. The summed E-state index contributed by atoms with van der Waals surface area (Å²) in [4.78, 5) is 29.1. The number of benzene rings is 2. The first-order chi connectivity index (χ1) is 16.0. The van der Waals surface area contributed by atoms with E-state index in [-0.39, 0.29) is 23.8 Å². The van der Waals surface area contributed by atoms with Gasteiger partial charge in [-0.05, 0) is 48.2 Å². The van der Waals surface area contributed by atoms with Crippen LogP contribution in [0.5, 0.6) is 5.75 Å². The molecule has 0 aliphatic carbocycles. The number of amides is 2. The van der Waals surface area contributed by atoms with Crippen LogP contribution in [0.15, 0.2) is 36.4 Å². The third-order valence-electron chi connectivity index (χ3n) is 5.93. The summed E-state index contributed by atoms with van der Waals surface area (Å²) in [6, 6.07) is 11.6. The maximum absolute atomic E-state index is 12.5. The lowest BCUT2D eigenvalue weighted by atomic mass is 9.94. The van der Waals surface area contributed by atoms with Crippen LogP contribution < -0.4 is 15.0 Å². The molecule has 0 radical (unpaired) electrons. The number of hydrogen-bond acceptors (Lipinski definition) is 4. The Labute approximate surface area is 208 Å². The maximum Gasteiger partial charge on any atom is 0.262 e. The maximum atomic E-state index is 12.5. The number of aryl methyl sites for hydroxylation is 1. The van der Waals surface area contributed by atoms with Gasteiger partial charge in [0.1, 0.15) is 5.75 Å². The number of carbonyl (C=O) groups is 2. The van der Waals surface area contributed by atoms with Crippen LogP contribution >= 0.6 is 11.6 Å². The number of piperazine rings is 1. The first-order valence-corrected chi connectivity index (χ1v) is 12.2. The van der Waals surface area contributed by atoms with Gasteiger partial charge in [-0.3, -0.25) is 9.59 Å². The van der Waals surface area contributed by atoms with Crippen molar-refractivity contribution >= 4 is 34.8 Å². The van der Waals surface area contributed by atoms with Gasteiger partial charge < -0.3 is 19.9 Å². The molecular formula is C27H36ClN3O3. The van der Waals surface area contributed by atoms with Crippen LogP contribution in [0.1, 0.15) is 51.7 Å². The smallest absolute Gasteiger partial charge is 0.262 e. The van der Waals surface area contributed by atoms with E-state index in [1.54, 1.807) is 6.07 Å². The molecule has 0 unspecified atom stereocenters. The van der Waals surface area contributed by atoms with Crippen molar-refractivity contribution < 1.29 is 14.3 Å². The molecule has 184 valence electrons. The number of nitrogens with one attached hydrogen (secondary N) is 1. The average Bonchev–Trinajstić information content (AvgIpc) is 2.76. The summed E-state index contributed by atoms with van der Waals surface area (Å²) in [7, 11) is 0. The first-order valence-electron chi connectivity index (χ1n) is 11.8. The normalized spacial score (nSPS) is 14.4. The van der Waals surface area contributed by atoms with Gasteiger partial charge in [0.25, 0.3) is 5.91 Å². The topological polar surface area (TPSA) is 61.9 Å². The van der Waals surface area contributed by atoms with E-state index < -0.39 is 0 Å². The molecule has 2 aromatic rings. The van der Waals surface area contributed by atoms with E-state index in [0.29, 0.717) is 29.7 Å². The van der Waals surface area contributed by atoms with Gasteiger partial charge in [0.05, 0.1) is 10.7 Å². The third kappa shape index (κ3) is 6.44. The molecule has 0 spiro atoms. The SMILES string of the molecule is Cc1ccc(C(C)C)c(OCC(=O)Nc2ccc(N3CCN(C(=O)C(C)(C)C)CC3)c(Cl)c2)c1. The second-order valence-corrected chi connectivity index (χ2v) is 10.6. The standard InChI is InChI=1S/C27H36ClN3O3/c1-18(2)21-9-7-19(3)15-24(21)34-17-25(32)29-20-8-10-23(22(28)16-20)30-11-13-31(14-12-30)26(33)27(4,5)6/h7-10,15-16,18H,11-14,17H2,1-6H3,(H,29,32). The Balaban J connectivity index is 1.57. The van der Waals surface area contributed by atoms with Crippen LogP contribution in [-0.4, -0.2) is 49.5 Å². The average molecular weight is 486 g/mol. The molecule has 0 atom stereocenters. The number of hydrogen-bond donors (Lipinski definition) is 1. The van der Waals surface area contributed by atoms with E-state index >= 15 is 0 Å². The number of carbonyl (C=O) groups excluding carboxylic acids is 2. The van der Waals surface area contributed by atoms with Crippen LogP contribution in [-0.2, 0) is 9.59 Å². The van der Waals surface area contributed by atoms with Crippen molar-refractivity contribution in [1.82, 2.24) is 4.90 Å². The highest BCUT2D eigenvalue weighted by molar-refractivity contribution is 6.33. The van der Waals surface area contributed by atoms with Gasteiger partial charge in [0, 0.05) is 37.3 Å². The minimum atomic E-state index is -0.376. The Hall–Kier alpha value is -2.73. The highest BCUT2D eigenvalue weighted by Gasteiger charge is 2.30. The molecule has 3 rings (SSSR count). The van der Waals surface area contributed by atoms with E-state index in [1.165, 1.54) is 0 Å². The Morgan fingerprint density at radius 3 is 2.32 bits per heavy atom. The Bertz CT molecular complexity index is 1040. The number of nitrogens with zero attached hydrogens (tertiary/aromatic N) is 2. The highest BCUT2D eigenvalue weighted by Crippen LogP contribution is 2.31.